The maximum atomic E-state index is 12.2. The summed E-state index contributed by atoms with van der Waals surface area (Å²) < 4.78 is 6.49. The monoisotopic (exact) mass is 352 g/mol. The first-order chi connectivity index (χ1) is 12.3. The second-order valence-electron chi connectivity index (χ2n) is 6.38. The molecular formula is C20H20N2O4. The fraction of sp³-hybridized carbons (Fsp3) is 0.250. The van der Waals surface area contributed by atoms with Crippen LogP contribution >= 0.6 is 0 Å². The number of carbonyl (C=O) groups is 2. The van der Waals surface area contributed by atoms with E-state index in [1.165, 1.54) is 4.57 Å². The summed E-state index contributed by atoms with van der Waals surface area (Å²) in [5, 5.41) is 2.73. The van der Waals surface area contributed by atoms with Crippen LogP contribution in [0.25, 0.3) is 11.1 Å². The van der Waals surface area contributed by atoms with Gasteiger partial charge in [-0.2, -0.15) is 0 Å². The Morgan fingerprint density at radius 1 is 1.04 bits per heavy atom. The van der Waals surface area contributed by atoms with E-state index < -0.39 is 5.76 Å². The van der Waals surface area contributed by atoms with Crippen LogP contribution in [0, 0.1) is 13.8 Å². The predicted molar refractivity (Wildman–Crippen MR) is 99.6 cm³/mol. The van der Waals surface area contributed by atoms with Gasteiger partial charge in [-0.15, -0.1) is 0 Å². The molecule has 1 aromatic heterocycles. The minimum absolute atomic E-state index is 0.0623. The van der Waals surface area contributed by atoms with E-state index in [4.69, 9.17) is 4.42 Å². The van der Waals surface area contributed by atoms with Gasteiger partial charge in [-0.1, -0.05) is 12.1 Å². The molecule has 0 aliphatic carbocycles. The number of fused-ring (bicyclic) bond motifs is 1. The summed E-state index contributed by atoms with van der Waals surface area (Å²) in [5.41, 5.74) is 4.38. The van der Waals surface area contributed by atoms with Crippen LogP contribution in [0.5, 0.6) is 0 Å². The van der Waals surface area contributed by atoms with Crippen molar-refractivity contribution in [1.29, 1.82) is 0 Å². The minimum Gasteiger partial charge on any atom is -0.408 e. The third-order valence-corrected chi connectivity index (χ3v) is 4.48. The highest BCUT2D eigenvalue weighted by molar-refractivity contribution is 6.00. The van der Waals surface area contributed by atoms with Crippen molar-refractivity contribution in [2.75, 3.05) is 5.32 Å². The fourth-order valence-electron chi connectivity index (χ4n) is 2.72. The molecule has 0 fully saturated rings. The molecule has 0 unspecified atom stereocenters. The second-order valence-corrected chi connectivity index (χ2v) is 6.38. The lowest BCUT2D eigenvalue weighted by atomic mass is 10.0. The molecule has 1 N–H and O–H groups in total. The normalized spacial score (nSPS) is 10.9. The highest BCUT2D eigenvalue weighted by Crippen LogP contribution is 2.18. The van der Waals surface area contributed by atoms with Crippen molar-refractivity contribution in [2.24, 2.45) is 7.05 Å². The number of benzene rings is 2. The SMILES string of the molecule is Cc1ccc(C(=O)CCC(=O)Nc2ccc3c(c2)oc(=O)n3C)cc1C. The van der Waals surface area contributed by atoms with Crippen LogP contribution in [-0.2, 0) is 11.8 Å². The molecule has 0 bridgehead atoms. The number of oxazole rings is 1. The van der Waals surface area contributed by atoms with Gasteiger partial charge in [0, 0.05) is 37.2 Å². The lowest BCUT2D eigenvalue weighted by molar-refractivity contribution is -0.116. The Labute approximate surface area is 150 Å². The topological polar surface area (TPSA) is 81.3 Å². The lowest BCUT2D eigenvalue weighted by Crippen LogP contribution is -2.13. The second kappa shape index (κ2) is 7.00. The van der Waals surface area contributed by atoms with Crippen LogP contribution in [0.15, 0.2) is 45.6 Å². The molecule has 1 heterocycles. The largest absolute Gasteiger partial charge is 0.419 e. The predicted octanol–water partition coefficient (Wildman–Crippen LogP) is 3.35. The van der Waals surface area contributed by atoms with E-state index in [0.29, 0.717) is 22.4 Å². The summed E-state index contributed by atoms with van der Waals surface area (Å²) in [7, 11) is 1.62. The Bertz CT molecular complexity index is 1060. The summed E-state index contributed by atoms with van der Waals surface area (Å²) in [6, 6.07) is 10.5. The molecule has 0 atom stereocenters. The maximum Gasteiger partial charge on any atom is 0.419 e. The molecule has 0 saturated carbocycles. The molecule has 134 valence electrons. The van der Waals surface area contributed by atoms with Gasteiger partial charge in [0.25, 0.3) is 0 Å². The fourth-order valence-corrected chi connectivity index (χ4v) is 2.72. The molecular weight excluding hydrogens is 332 g/mol. The number of hydrogen-bond donors (Lipinski definition) is 1. The van der Waals surface area contributed by atoms with Crippen LogP contribution in [-0.4, -0.2) is 16.3 Å². The van der Waals surface area contributed by atoms with Crippen LogP contribution < -0.4 is 11.1 Å². The number of ketones is 1. The van der Waals surface area contributed by atoms with Crippen molar-refractivity contribution in [3.63, 3.8) is 0 Å². The van der Waals surface area contributed by atoms with Gasteiger partial charge in [0.05, 0.1) is 5.52 Å². The van der Waals surface area contributed by atoms with E-state index in [0.717, 1.165) is 11.1 Å². The zero-order valence-corrected chi connectivity index (χ0v) is 15.0. The van der Waals surface area contributed by atoms with Crippen molar-refractivity contribution in [1.82, 2.24) is 4.57 Å². The van der Waals surface area contributed by atoms with Gasteiger partial charge in [0.2, 0.25) is 5.91 Å². The van der Waals surface area contributed by atoms with Crippen molar-refractivity contribution >= 4 is 28.5 Å². The van der Waals surface area contributed by atoms with E-state index in [1.54, 1.807) is 31.3 Å². The molecule has 1 amide bonds. The molecule has 6 heteroatoms. The zero-order chi connectivity index (χ0) is 18.8. The highest BCUT2D eigenvalue weighted by Gasteiger charge is 2.12. The van der Waals surface area contributed by atoms with Crippen LogP contribution in [0.3, 0.4) is 0 Å². The average molecular weight is 352 g/mol. The number of anilines is 1. The van der Waals surface area contributed by atoms with Crippen LogP contribution in [0.1, 0.15) is 34.3 Å². The number of amides is 1. The number of rotatable bonds is 5. The number of carbonyl (C=O) groups excluding carboxylic acids is 2. The van der Waals surface area contributed by atoms with Crippen molar-refractivity contribution in [3.8, 4) is 0 Å². The summed E-state index contributed by atoms with van der Waals surface area (Å²) in [4.78, 5) is 35.9. The number of hydrogen-bond acceptors (Lipinski definition) is 4. The van der Waals surface area contributed by atoms with Crippen LogP contribution in [0.4, 0.5) is 5.69 Å². The van der Waals surface area contributed by atoms with Gasteiger partial charge >= 0.3 is 5.76 Å². The molecule has 0 aliphatic heterocycles. The third kappa shape index (κ3) is 3.59. The smallest absolute Gasteiger partial charge is 0.408 e. The summed E-state index contributed by atoms with van der Waals surface area (Å²) in [6.07, 6.45) is 0.222. The van der Waals surface area contributed by atoms with Gasteiger partial charge in [-0.05, 0) is 43.2 Å². The lowest BCUT2D eigenvalue weighted by Gasteiger charge is -2.06. The first-order valence-electron chi connectivity index (χ1n) is 8.35. The summed E-state index contributed by atoms with van der Waals surface area (Å²) in [6.45, 7) is 3.94. The maximum absolute atomic E-state index is 12.2. The van der Waals surface area contributed by atoms with E-state index in [2.05, 4.69) is 5.32 Å². The van der Waals surface area contributed by atoms with Gasteiger partial charge in [-0.3, -0.25) is 14.2 Å². The molecule has 2 aromatic carbocycles. The Morgan fingerprint density at radius 2 is 1.81 bits per heavy atom. The Hall–Kier alpha value is -3.15. The van der Waals surface area contributed by atoms with Gasteiger partial charge in [0.1, 0.15) is 0 Å². The van der Waals surface area contributed by atoms with Crippen molar-refractivity contribution in [2.45, 2.75) is 26.7 Å². The zero-order valence-electron chi connectivity index (χ0n) is 15.0. The number of aromatic nitrogens is 1. The first-order valence-corrected chi connectivity index (χ1v) is 8.35. The number of nitrogens with zero attached hydrogens (tertiary/aromatic N) is 1. The standard InChI is InChI=1S/C20H20N2O4/c1-12-4-5-14(10-13(12)2)17(23)8-9-19(24)21-15-6-7-16-18(11-15)26-20(25)22(16)3/h4-7,10-11H,8-9H2,1-3H3,(H,21,24). The molecule has 0 radical (unpaired) electrons. The number of Topliss-reactive ketones (excluding diaryl/α,β-unsaturated/α-hetero) is 1. The molecule has 6 nitrogen and oxygen atoms in total. The molecule has 3 aromatic rings. The van der Waals surface area contributed by atoms with E-state index in [1.807, 2.05) is 26.0 Å². The average Bonchev–Trinajstić information content (AvgIpc) is 2.89. The molecule has 0 aliphatic rings. The highest BCUT2D eigenvalue weighted by atomic mass is 16.4. The van der Waals surface area contributed by atoms with Gasteiger partial charge in [-0.25, -0.2) is 4.79 Å². The Balaban J connectivity index is 1.62. The quantitative estimate of drug-likeness (QED) is 0.714. The molecule has 26 heavy (non-hydrogen) atoms. The molecule has 0 spiro atoms. The van der Waals surface area contributed by atoms with Gasteiger partial charge < -0.3 is 9.73 Å². The van der Waals surface area contributed by atoms with E-state index in [9.17, 15) is 14.4 Å². The number of aryl methyl sites for hydroxylation is 3. The van der Waals surface area contributed by atoms with Gasteiger partial charge in [0.15, 0.2) is 11.4 Å². The first kappa shape index (κ1) is 17.7. The summed E-state index contributed by atoms with van der Waals surface area (Å²) >= 11 is 0. The number of nitrogens with one attached hydrogen (secondary N) is 1. The molecule has 0 saturated heterocycles. The van der Waals surface area contributed by atoms with E-state index in [-0.39, 0.29) is 24.5 Å². The molecule has 3 rings (SSSR count). The minimum atomic E-state index is -0.456. The Morgan fingerprint density at radius 3 is 2.54 bits per heavy atom. The third-order valence-electron chi connectivity index (χ3n) is 4.48. The Kier molecular flexibility index (Phi) is 4.75. The van der Waals surface area contributed by atoms with Crippen molar-refractivity contribution in [3.05, 3.63) is 63.6 Å². The van der Waals surface area contributed by atoms with Crippen LogP contribution in [0.2, 0.25) is 0 Å². The summed E-state index contributed by atoms with van der Waals surface area (Å²) in [5.74, 6) is -0.782. The van der Waals surface area contributed by atoms with Crippen molar-refractivity contribution < 1.29 is 14.0 Å². The van der Waals surface area contributed by atoms with E-state index >= 15 is 0 Å².